The Morgan fingerprint density at radius 2 is 1.00 bits per heavy atom. The smallest absolute Gasteiger partial charge is 0.759 e. The molecule has 1 radical (unpaired) electrons. The Bertz CT molecular complexity index is 434. The van der Waals surface area contributed by atoms with Crippen LogP contribution in [0, 0.1) is 0 Å². The maximum atomic E-state index is 10.1. The zero-order chi connectivity index (χ0) is 17.5. The van der Waals surface area contributed by atoms with E-state index in [0.717, 1.165) is 12.8 Å². The van der Waals surface area contributed by atoms with Crippen molar-refractivity contribution < 1.29 is 51.7 Å². The van der Waals surface area contributed by atoms with Crippen LogP contribution >= 0.6 is 0 Å². The molecule has 0 amide bonds. The molecule has 0 aliphatic rings. The molecule has 0 bridgehead atoms. The molecule has 0 saturated heterocycles. The minimum atomic E-state index is -5.17. The Hall–Kier alpha value is 0.792. The van der Waals surface area contributed by atoms with Crippen LogP contribution in [0.2, 0.25) is 0 Å². The first-order valence-electron chi connectivity index (χ1n) is 7.33. The minimum Gasteiger partial charge on any atom is -0.759 e. The number of rotatable bonds is 12. The van der Waals surface area contributed by atoms with Gasteiger partial charge in [0, 0.05) is 10.4 Å². The first-order valence-corrected chi connectivity index (χ1v) is 10.00. The molecule has 8 nitrogen and oxygen atoms in total. The standard InChI is InChI=1S/C12H26O4S.Al.Mn.H2O4S/c1-2-3-4-5-6-7-8-9-10-11-12-16-17(13,14)15;;;1-5(2,3)4/h2-12H2,1H3,(H,13,14,15);;;(H2,1,2,3,4)/q;+3;+2;/p-3. The summed E-state index contributed by atoms with van der Waals surface area (Å²) in [6.45, 7) is 2.24. The molecule has 0 spiro atoms. The third-order valence-corrected chi connectivity index (χ3v) is 3.18. The van der Waals surface area contributed by atoms with Gasteiger partial charge in [0.25, 0.3) is 0 Å². The van der Waals surface area contributed by atoms with Gasteiger partial charge in [-0.3, -0.25) is 12.6 Å². The van der Waals surface area contributed by atoms with Gasteiger partial charge in [-0.25, -0.2) is 8.42 Å². The van der Waals surface area contributed by atoms with Crippen molar-refractivity contribution >= 4 is 38.2 Å². The van der Waals surface area contributed by atoms with Gasteiger partial charge in [-0.1, -0.05) is 64.7 Å². The van der Waals surface area contributed by atoms with E-state index in [1.165, 1.54) is 44.9 Å². The second-order valence-electron chi connectivity index (χ2n) is 4.82. The molecule has 0 aromatic carbocycles. The molecule has 12 heteroatoms. The van der Waals surface area contributed by atoms with Gasteiger partial charge in [-0.2, -0.15) is 0 Å². The third-order valence-electron chi connectivity index (χ3n) is 2.73. The summed E-state index contributed by atoms with van der Waals surface area (Å²) < 4.78 is 68.5. The fourth-order valence-corrected chi connectivity index (χ4v) is 2.07. The normalized spacial score (nSPS) is 10.8. The van der Waals surface area contributed by atoms with Crippen LogP contribution in [0.4, 0.5) is 0 Å². The van der Waals surface area contributed by atoms with Crippen LogP contribution in [0.3, 0.4) is 0 Å². The Balaban J connectivity index is -0.000000250. The van der Waals surface area contributed by atoms with Gasteiger partial charge >= 0.3 is 34.4 Å². The SMILES string of the molecule is CCCCCCCCCCCCOS(=O)(=O)[O-].O=S(=O)([O-])[O-].[Al+3].[Mn+2]. The summed E-state index contributed by atoms with van der Waals surface area (Å²) in [6.07, 6.45) is 11.7. The van der Waals surface area contributed by atoms with E-state index in [4.69, 9.17) is 17.5 Å². The molecule has 0 rings (SSSR count). The molecule has 0 aliphatic heterocycles. The van der Waals surface area contributed by atoms with Crippen molar-refractivity contribution in [2.75, 3.05) is 6.61 Å². The molecular weight excluding hydrogens is 418 g/mol. The van der Waals surface area contributed by atoms with Crippen molar-refractivity contribution in [1.29, 1.82) is 0 Å². The van der Waals surface area contributed by atoms with E-state index >= 15 is 0 Å². The van der Waals surface area contributed by atoms with E-state index in [9.17, 15) is 13.0 Å². The van der Waals surface area contributed by atoms with Gasteiger partial charge in [0.05, 0.1) is 6.61 Å². The molecule has 24 heavy (non-hydrogen) atoms. The zero-order valence-electron chi connectivity index (χ0n) is 13.8. The van der Waals surface area contributed by atoms with Crippen molar-refractivity contribution in [3.05, 3.63) is 0 Å². The predicted molar refractivity (Wildman–Crippen MR) is 83.7 cm³/mol. The fraction of sp³-hybridized carbons (Fsp3) is 1.00. The van der Waals surface area contributed by atoms with Crippen LogP contribution in [-0.2, 0) is 42.0 Å². The van der Waals surface area contributed by atoms with Gasteiger partial charge < -0.3 is 13.7 Å². The molecule has 0 aliphatic carbocycles. The number of unbranched alkanes of at least 4 members (excludes halogenated alkanes) is 9. The Kier molecular flexibility index (Phi) is 27.2. The topological polar surface area (TPSA) is 147 Å². The maximum Gasteiger partial charge on any atom is 3.00 e. The predicted octanol–water partition coefficient (Wildman–Crippen LogP) is 1.66. The van der Waals surface area contributed by atoms with E-state index in [2.05, 4.69) is 11.1 Å². The first-order chi connectivity index (χ1) is 10.1. The maximum absolute atomic E-state index is 10.1. The molecule has 0 atom stereocenters. The molecule has 141 valence electrons. The van der Waals surface area contributed by atoms with Crippen LogP contribution in [0.15, 0.2) is 0 Å². The van der Waals surface area contributed by atoms with Crippen LogP contribution < -0.4 is 0 Å². The summed E-state index contributed by atoms with van der Waals surface area (Å²) in [4.78, 5) is 0. The molecule has 0 aromatic heterocycles. The number of hydrogen-bond acceptors (Lipinski definition) is 8. The molecular formula is C12H25AlMnO8S2+2. The fourth-order valence-electron chi connectivity index (χ4n) is 1.75. The van der Waals surface area contributed by atoms with Crippen LogP contribution in [-0.4, -0.2) is 54.5 Å². The second-order valence-corrected chi connectivity index (χ2v) is 6.69. The Labute approximate surface area is 167 Å². The van der Waals surface area contributed by atoms with Crippen molar-refractivity contribution in [3.8, 4) is 0 Å². The minimum absolute atomic E-state index is 0. The summed E-state index contributed by atoms with van der Waals surface area (Å²) in [5, 5.41) is 0. The summed E-state index contributed by atoms with van der Waals surface area (Å²) in [5.74, 6) is 0. The number of hydrogen-bond donors (Lipinski definition) is 0. The molecule has 0 fully saturated rings. The van der Waals surface area contributed by atoms with Gasteiger partial charge in [0.2, 0.25) is 10.4 Å². The van der Waals surface area contributed by atoms with Gasteiger partial charge in [0.1, 0.15) is 0 Å². The van der Waals surface area contributed by atoms with E-state index < -0.39 is 20.8 Å². The summed E-state index contributed by atoms with van der Waals surface area (Å²) in [6, 6.07) is 0. The van der Waals surface area contributed by atoms with Gasteiger partial charge in [-0.05, 0) is 6.42 Å². The van der Waals surface area contributed by atoms with E-state index in [1.807, 2.05) is 0 Å². The quantitative estimate of drug-likeness (QED) is 0.191. The summed E-state index contributed by atoms with van der Waals surface area (Å²) >= 11 is 0. The average Bonchev–Trinajstić information content (AvgIpc) is 2.32. The van der Waals surface area contributed by atoms with Gasteiger partial charge in [0.15, 0.2) is 0 Å². The molecule has 0 saturated carbocycles. The van der Waals surface area contributed by atoms with Crippen molar-refractivity contribution in [2.45, 2.75) is 71.1 Å². The summed E-state index contributed by atoms with van der Waals surface area (Å²) in [7, 11) is -9.65. The Morgan fingerprint density at radius 1 is 0.708 bits per heavy atom. The molecule has 0 heterocycles. The Morgan fingerprint density at radius 3 is 1.29 bits per heavy atom. The van der Waals surface area contributed by atoms with Crippen molar-refractivity contribution in [1.82, 2.24) is 0 Å². The average molecular weight is 443 g/mol. The summed E-state index contributed by atoms with van der Waals surface area (Å²) in [5.41, 5.74) is 0. The molecule has 0 N–H and O–H groups in total. The van der Waals surface area contributed by atoms with E-state index in [1.54, 1.807) is 0 Å². The van der Waals surface area contributed by atoms with Crippen LogP contribution in [0.1, 0.15) is 71.1 Å². The molecule has 0 unspecified atom stereocenters. The molecule has 0 aromatic rings. The monoisotopic (exact) mass is 443 g/mol. The van der Waals surface area contributed by atoms with Crippen LogP contribution in [0.5, 0.6) is 0 Å². The van der Waals surface area contributed by atoms with Crippen LogP contribution in [0.25, 0.3) is 0 Å². The second kappa shape index (κ2) is 20.1. The van der Waals surface area contributed by atoms with Crippen molar-refractivity contribution in [3.63, 3.8) is 0 Å². The largest absolute Gasteiger partial charge is 3.00 e. The van der Waals surface area contributed by atoms with Crippen molar-refractivity contribution in [2.24, 2.45) is 0 Å². The zero-order valence-corrected chi connectivity index (χ0v) is 17.8. The van der Waals surface area contributed by atoms with E-state index in [-0.39, 0.29) is 41.0 Å². The van der Waals surface area contributed by atoms with E-state index in [0.29, 0.717) is 6.42 Å². The third kappa shape index (κ3) is 49.5. The van der Waals surface area contributed by atoms with Gasteiger partial charge in [-0.15, -0.1) is 0 Å². The first kappa shape index (κ1) is 32.5.